The van der Waals surface area contributed by atoms with Crippen LogP contribution in [0.15, 0.2) is 53.0 Å². The van der Waals surface area contributed by atoms with Gasteiger partial charge in [0.05, 0.1) is 19.1 Å². The van der Waals surface area contributed by atoms with Crippen LogP contribution in [0.1, 0.15) is 5.56 Å². The molecule has 0 saturated carbocycles. The number of rotatable bonds is 8. The number of hydrogen-bond acceptors (Lipinski definition) is 4. The van der Waals surface area contributed by atoms with E-state index < -0.39 is 10.0 Å². The van der Waals surface area contributed by atoms with Crippen LogP contribution in [-0.2, 0) is 21.2 Å². The Morgan fingerprint density at radius 2 is 1.81 bits per heavy atom. The number of halogens is 1. The van der Waals surface area contributed by atoms with Crippen LogP contribution >= 0.6 is 15.9 Å². The van der Waals surface area contributed by atoms with Crippen molar-refractivity contribution in [1.82, 2.24) is 5.32 Å². The molecule has 0 unspecified atom stereocenters. The van der Waals surface area contributed by atoms with E-state index >= 15 is 0 Å². The van der Waals surface area contributed by atoms with Crippen molar-refractivity contribution in [2.75, 3.05) is 30.8 Å². The molecule has 140 valence electrons. The van der Waals surface area contributed by atoms with Crippen LogP contribution in [-0.4, -0.2) is 40.8 Å². The van der Waals surface area contributed by atoms with Crippen molar-refractivity contribution in [3.63, 3.8) is 0 Å². The summed E-state index contributed by atoms with van der Waals surface area (Å²) < 4.78 is 31.0. The zero-order valence-corrected chi connectivity index (χ0v) is 17.0. The molecule has 0 aliphatic heterocycles. The number of methoxy groups -OCH3 is 1. The average molecular weight is 441 g/mol. The molecule has 0 bridgehead atoms. The van der Waals surface area contributed by atoms with E-state index in [0.29, 0.717) is 23.1 Å². The first-order valence-corrected chi connectivity index (χ1v) is 10.6. The van der Waals surface area contributed by atoms with Gasteiger partial charge in [-0.1, -0.05) is 24.3 Å². The number of benzene rings is 2. The molecule has 0 aliphatic rings. The van der Waals surface area contributed by atoms with Crippen LogP contribution in [0.3, 0.4) is 0 Å². The minimum Gasteiger partial charge on any atom is -0.497 e. The van der Waals surface area contributed by atoms with Crippen LogP contribution in [0, 0.1) is 0 Å². The Kier molecular flexibility index (Phi) is 7.05. The van der Waals surface area contributed by atoms with Crippen LogP contribution in [0.5, 0.6) is 5.75 Å². The molecule has 26 heavy (non-hydrogen) atoms. The van der Waals surface area contributed by atoms with E-state index in [9.17, 15) is 13.2 Å². The van der Waals surface area contributed by atoms with Gasteiger partial charge < -0.3 is 10.1 Å². The number of amides is 1. The summed E-state index contributed by atoms with van der Waals surface area (Å²) in [5.41, 5.74) is 1.48. The van der Waals surface area contributed by atoms with Crippen LogP contribution in [0.25, 0.3) is 0 Å². The summed E-state index contributed by atoms with van der Waals surface area (Å²) in [7, 11) is -1.99. The van der Waals surface area contributed by atoms with Gasteiger partial charge in [-0.15, -0.1) is 0 Å². The third-order valence-corrected chi connectivity index (χ3v) is 5.50. The van der Waals surface area contributed by atoms with Gasteiger partial charge >= 0.3 is 0 Å². The zero-order chi connectivity index (χ0) is 19.2. The number of hydrogen-bond donors (Lipinski definition) is 1. The largest absolute Gasteiger partial charge is 0.497 e. The van der Waals surface area contributed by atoms with Crippen molar-refractivity contribution in [3.05, 3.63) is 58.6 Å². The van der Waals surface area contributed by atoms with Crippen molar-refractivity contribution in [1.29, 1.82) is 0 Å². The van der Waals surface area contributed by atoms with Gasteiger partial charge in [-0.2, -0.15) is 0 Å². The molecule has 0 aliphatic carbocycles. The summed E-state index contributed by atoms with van der Waals surface area (Å²) in [5.74, 6) is 0.412. The molecule has 0 saturated heterocycles. The molecule has 0 fully saturated rings. The van der Waals surface area contributed by atoms with Gasteiger partial charge in [-0.25, -0.2) is 8.42 Å². The average Bonchev–Trinajstić information content (AvgIpc) is 2.60. The number of carbonyl (C=O) groups is 1. The fourth-order valence-corrected chi connectivity index (χ4v) is 3.84. The van der Waals surface area contributed by atoms with Crippen LogP contribution in [0.4, 0.5) is 5.69 Å². The number of carbonyl (C=O) groups excluding carboxylic acids is 1. The first kappa shape index (κ1) is 20.3. The first-order valence-electron chi connectivity index (χ1n) is 7.93. The van der Waals surface area contributed by atoms with Gasteiger partial charge in [0.25, 0.3) is 0 Å². The van der Waals surface area contributed by atoms with E-state index in [-0.39, 0.29) is 12.5 Å². The Bertz CT molecular complexity index is 854. The zero-order valence-electron chi connectivity index (χ0n) is 14.6. The second-order valence-corrected chi connectivity index (χ2v) is 8.43. The number of nitrogens with one attached hydrogen (secondary N) is 1. The third kappa shape index (κ3) is 5.74. The van der Waals surface area contributed by atoms with E-state index in [1.54, 1.807) is 31.4 Å². The number of nitrogens with zero attached hydrogens (tertiary/aromatic N) is 1. The molecule has 0 radical (unpaired) electrons. The van der Waals surface area contributed by atoms with Crippen molar-refractivity contribution < 1.29 is 17.9 Å². The first-order chi connectivity index (χ1) is 12.3. The van der Waals surface area contributed by atoms with E-state index in [4.69, 9.17) is 4.74 Å². The molecule has 1 amide bonds. The predicted molar refractivity (Wildman–Crippen MR) is 106 cm³/mol. The Morgan fingerprint density at radius 3 is 2.38 bits per heavy atom. The van der Waals surface area contributed by atoms with E-state index in [1.165, 1.54) is 0 Å². The molecule has 0 atom stereocenters. The summed E-state index contributed by atoms with van der Waals surface area (Å²) in [5, 5.41) is 2.76. The predicted octanol–water partition coefficient (Wildman–Crippen LogP) is 2.58. The van der Waals surface area contributed by atoms with E-state index in [1.807, 2.05) is 24.3 Å². The van der Waals surface area contributed by atoms with E-state index in [2.05, 4.69) is 21.2 Å². The molecular weight excluding hydrogens is 420 g/mol. The lowest BCUT2D eigenvalue weighted by molar-refractivity contribution is -0.119. The summed E-state index contributed by atoms with van der Waals surface area (Å²) in [6.45, 7) is 0.142. The second kappa shape index (κ2) is 9.05. The van der Waals surface area contributed by atoms with E-state index in [0.717, 1.165) is 21.9 Å². The molecule has 1 N–H and O–H groups in total. The fraction of sp³-hybridized carbons (Fsp3) is 0.278. The van der Waals surface area contributed by atoms with Crippen molar-refractivity contribution >= 4 is 37.5 Å². The molecule has 0 aromatic heterocycles. The molecule has 2 rings (SSSR count). The quantitative estimate of drug-likeness (QED) is 0.684. The standard InChI is InChI=1S/C18H21BrN2O4S/c1-25-15-9-7-14(8-10-15)11-12-20-18(22)13-21(26(2,23)24)17-6-4-3-5-16(17)19/h3-10H,11-13H2,1-2H3,(H,20,22). The van der Waals surface area contributed by atoms with Crippen molar-refractivity contribution in [2.45, 2.75) is 6.42 Å². The molecule has 2 aromatic carbocycles. The maximum Gasteiger partial charge on any atom is 0.240 e. The SMILES string of the molecule is COc1ccc(CCNC(=O)CN(c2ccccc2Br)S(C)(=O)=O)cc1. The molecule has 8 heteroatoms. The highest BCUT2D eigenvalue weighted by Gasteiger charge is 2.22. The minimum atomic E-state index is -3.59. The number of sulfonamides is 1. The Balaban J connectivity index is 1.96. The van der Waals surface area contributed by atoms with Crippen molar-refractivity contribution in [3.8, 4) is 5.75 Å². The topological polar surface area (TPSA) is 75.7 Å². The normalized spacial score (nSPS) is 11.0. The lowest BCUT2D eigenvalue weighted by Gasteiger charge is -2.23. The van der Waals surface area contributed by atoms with Gasteiger partial charge in [0.1, 0.15) is 12.3 Å². The highest BCUT2D eigenvalue weighted by atomic mass is 79.9. The maximum atomic E-state index is 12.2. The minimum absolute atomic E-state index is 0.274. The monoisotopic (exact) mass is 440 g/mol. The molecule has 6 nitrogen and oxygen atoms in total. The number of anilines is 1. The van der Waals surface area contributed by atoms with Crippen LogP contribution in [0.2, 0.25) is 0 Å². The van der Waals surface area contributed by atoms with Gasteiger partial charge in [0, 0.05) is 11.0 Å². The number of ether oxygens (including phenoxy) is 1. The fourth-order valence-electron chi connectivity index (χ4n) is 2.36. The molecule has 2 aromatic rings. The van der Waals surface area contributed by atoms with Crippen molar-refractivity contribution in [2.24, 2.45) is 0 Å². The highest BCUT2D eigenvalue weighted by Crippen LogP contribution is 2.27. The van der Waals surface area contributed by atoms with Gasteiger partial charge in [0.2, 0.25) is 15.9 Å². The Hall–Kier alpha value is -2.06. The maximum absolute atomic E-state index is 12.2. The second-order valence-electron chi connectivity index (χ2n) is 5.67. The smallest absolute Gasteiger partial charge is 0.240 e. The summed E-state index contributed by atoms with van der Waals surface area (Å²) in [6.07, 6.45) is 1.72. The molecule has 0 spiro atoms. The Morgan fingerprint density at radius 1 is 1.15 bits per heavy atom. The lowest BCUT2D eigenvalue weighted by Crippen LogP contribution is -2.41. The van der Waals surface area contributed by atoms with Gasteiger partial charge in [0.15, 0.2) is 0 Å². The number of para-hydroxylation sites is 1. The third-order valence-electron chi connectivity index (χ3n) is 3.70. The van der Waals surface area contributed by atoms with Crippen LogP contribution < -0.4 is 14.4 Å². The summed E-state index contributed by atoms with van der Waals surface area (Å²) >= 11 is 3.33. The van der Waals surface area contributed by atoms with Gasteiger partial charge in [-0.3, -0.25) is 9.10 Å². The molecule has 0 heterocycles. The van der Waals surface area contributed by atoms with Gasteiger partial charge in [-0.05, 0) is 52.2 Å². The summed E-state index contributed by atoms with van der Waals surface area (Å²) in [4.78, 5) is 12.2. The summed E-state index contributed by atoms with van der Waals surface area (Å²) in [6, 6.07) is 14.4. The lowest BCUT2D eigenvalue weighted by atomic mass is 10.1. The Labute approximate surface area is 162 Å². The molecular formula is C18H21BrN2O4S. The highest BCUT2D eigenvalue weighted by molar-refractivity contribution is 9.10.